The maximum atomic E-state index is 11.1. The predicted molar refractivity (Wildman–Crippen MR) is 105 cm³/mol. The molecule has 0 amide bonds. The minimum atomic E-state index is -1.73. The summed E-state index contributed by atoms with van der Waals surface area (Å²) < 4.78 is 0. The van der Waals surface area contributed by atoms with Crippen LogP contribution in [-0.2, 0) is 0 Å². The van der Waals surface area contributed by atoms with Crippen molar-refractivity contribution < 1.29 is 25.5 Å². The van der Waals surface area contributed by atoms with Gasteiger partial charge < -0.3 is 35.5 Å². The second kappa shape index (κ2) is 7.90. The fraction of sp³-hybridized carbons (Fsp3) is 0.300. The average molecular weight is 398 g/mol. The zero-order chi connectivity index (χ0) is 20.5. The SMILES string of the molecule is OC[C@@H](O)[C@@H](O)[C@H](O)[C@H](O)C(c1c[nH]c2ncccc12)c1c[nH]c2ncccc12. The molecule has 0 spiro atoms. The topological polar surface area (TPSA) is 159 Å². The summed E-state index contributed by atoms with van der Waals surface area (Å²) in [5.74, 6) is -0.776. The smallest absolute Gasteiger partial charge is 0.137 e. The highest BCUT2D eigenvalue weighted by Gasteiger charge is 2.38. The molecule has 4 rings (SSSR count). The van der Waals surface area contributed by atoms with Crippen molar-refractivity contribution in [3.05, 3.63) is 60.2 Å². The molecule has 0 aliphatic rings. The number of H-pyrrole nitrogens is 2. The Kier molecular flexibility index (Phi) is 5.31. The van der Waals surface area contributed by atoms with E-state index in [1.807, 2.05) is 12.1 Å². The molecule has 0 aliphatic carbocycles. The van der Waals surface area contributed by atoms with Crippen LogP contribution >= 0.6 is 0 Å². The van der Waals surface area contributed by atoms with E-state index >= 15 is 0 Å². The van der Waals surface area contributed by atoms with Gasteiger partial charge in [-0.2, -0.15) is 0 Å². The summed E-state index contributed by atoms with van der Waals surface area (Å²) in [4.78, 5) is 14.6. The van der Waals surface area contributed by atoms with Gasteiger partial charge in [-0.15, -0.1) is 0 Å². The highest BCUT2D eigenvalue weighted by atomic mass is 16.4. The molecule has 0 saturated heterocycles. The third kappa shape index (κ3) is 3.39. The Morgan fingerprint density at radius 3 is 1.76 bits per heavy atom. The molecule has 9 heteroatoms. The quantitative estimate of drug-likeness (QED) is 0.231. The van der Waals surface area contributed by atoms with Gasteiger partial charge >= 0.3 is 0 Å². The average Bonchev–Trinajstić information content (AvgIpc) is 3.37. The summed E-state index contributed by atoms with van der Waals surface area (Å²) >= 11 is 0. The predicted octanol–water partition coefficient (Wildman–Crippen LogP) is 0.00700. The molecular weight excluding hydrogens is 376 g/mol. The zero-order valence-corrected chi connectivity index (χ0v) is 15.3. The van der Waals surface area contributed by atoms with Gasteiger partial charge in [-0.1, -0.05) is 0 Å². The number of fused-ring (bicyclic) bond motifs is 2. The lowest BCUT2D eigenvalue weighted by Crippen LogP contribution is -2.48. The van der Waals surface area contributed by atoms with Crippen molar-refractivity contribution in [2.75, 3.05) is 6.61 Å². The summed E-state index contributed by atoms with van der Waals surface area (Å²) in [7, 11) is 0. The van der Waals surface area contributed by atoms with Crippen LogP contribution in [0.5, 0.6) is 0 Å². The second-order valence-corrected chi connectivity index (χ2v) is 6.99. The summed E-state index contributed by atoms with van der Waals surface area (Å²) in [6.45, 7) is -0.746. The van der Waals surface area contributed by atoms with Crippen LogP contribution in [0, 0.1) is 0 Å². The van der Waals surface area contributed by atoms with Crippen LogP contribution in [0.2, 0.25) is 0 Å². The third-order valence-electron chi connectivity index (χ3n) is 5.26. The summed E-state index contributed by atoms with van der Waals surface area (Å²) in [6, 6.07) is 7.21. The molecule has 0 fully saturated rings. The summed E-state index contributed by atoms with van der Waals surface area (Å²) in [5.41, 5.74) is 2.55. The number of hydrogen-bond donors (Lipinski definition) is 7. The monoisotopic (exact) mass is 398 g/mol. The number of aliphatic hydroxyl groups is 5. The molecule has 0 aliphatic heterocycles. The van der Waals surface area contributed by atoms with Gasteiger partial charge in [0, 0.05) is 41.5 Å². The number of nitrogens with zero attached hydrogens (tertiary/aromatic N) is 2. The molecule has 0 unspecified atom stereocenters. The number of pyridine rings is 2. The van der Waals surface area contributed by atoms with Crippen molar-refractivity contribution in [1.29, 1.82) is 0 Å². The van der Waals surface area contributed by atoms with E-state index in [9.17, 15) is 20.4 Å². The first kappa shape index (κ1) is 19.5. The van der Waals surface area contributed by atoms with Crippen LogP contribution in [-0.4, -0.2) is 76.5 Å². The Morgan fingerprint density at radius 1 is 0.759 bits per heavy atom. The van der Waals surface area contributed by atoms with Crippen molar-refractivity contribution in [1.82, 2.24) is 19.9 Å². The summed E-state index contributed by atoms with van der Waals surface area (Å²) in [5, 5.41) is 52.2. The van der Waals surface area contributed by atoms with Gasteiger partial charge in [0.15, 0.2) is 0 Å². The molecule has 9 nitrogen and oxygen atoms in total. The van der Waals surface area contributed by atoms with Crippen molar-refractivity contribution in [3.63, 3.8) is 0 Å². The fourth-order valence-electron chi connectivity index (χ4n) is 3.74. The number of nitrogens with one attached hydrogen (secondary N) is 2. The Balaban J connectivity index is 1.86. The first-order valence-electron chi connectivity index (χ1n) is 9.20. The van der Waals surface area contributed by atoms with Gasteiger partial charge in [-0.05, 0) is 35.4 Å². The zero-order valence-electron chi connectivity index (χ0n) is 15.3. The Hall–Kier alpha value is -2.82. The number of hydrogen-bond acceptors (Lipinski definition) is 7. The Bertz CT molecular complexity index is 1040. The van der Waals surface area contributed by atoms with Gasteiger partial charge in [0.25, 0.3) is 0 Å². The minimum absolute atomic E-state index is 0.614. The van der Waals surface area contributed by atoms with Gasteiger partial charge in [0.2, 0.25) is 0 Å². The van der Waals surface area contributed by atoms with Gasteiger partial charge in [0.1, 0.15) is 29.6 Å². The van der Waals surface area contributed by atoms with E-state index in [-0.39, 0.29) is 0 Å². The molecular formula is C20H22N4O5. The highest BCUT2D eigenvalue weighted by Crippen LogP contribution is 2.37. The lowest BCUT2D eigenvalue weighted by Gasteiger charge is -2.31. The van der Waals surface area contributed by atoms with Gasteiger partial charge in [-0.3, -0.25) is 0 Å². The van der Waals surface area contributed by atoms with E-state index in [1.165, 1.54) is 0 Å². The largest absolute Gasteiger partial charge is 0.394 e. The van der Waals surface area contributed by atoms with Crippen LogP contribution in [0.15, 0.2) is 49.1 Å². The van der Waals surface area contributed by atoms with Crippen molar-refractivity contribution in [3.8, 4) is 0 Å². The standard InChI is InChI=1S/C20H22N4O5/c25-9-14(26)16(27)18(29)17(28)15(12-7-23-19-10(12)3-1-5-21-19)13-8-24-20-11(13)4-2-6-22-20/h1-8,14-18,25-29H,9H2,(H,21,23)(H,22,24)/t14-,16-,17-,18+/m1/s1. The molecule has 0 saturated carbocycles. The van der Waals surface area contributed by atoms with Gasteiger partial charge in [0.05, 0.1) is 12.7 Å². The van der Waals surface area contributed by atoms with Crippen LogP contribution in [0.1, 0.15) is 17.0 Å². The first-order chi connectivity index (χ1) is 14.0. The minimum Gasteiger partial charge on any atom is -0.394 e. The third-order valence-corrected chi connectivity index (χ3v) is 5.26. The fourth-order valence-corrected chi connectivity index (χ4v) is 3.74. The molecule has 29 heavy (non-hydrogen) atoms. The van der Waals surface area contributed by atoms with E-state index in [2.05, 4.69) is 19.9 Å². The summed E-state index contributed by atoms with van der Waals surface area (Å²) in [6.07, 6.45) is 0.137. The first-order valence-corrected chi connectivity index (χ1v) is 9.20. The van der Waals surface area contributed by atoms with Crippen molar-refractivity contribution in [2.24, 2.45) is 0 Å². The maximum absolute atomic E-state index is 11.1. The van der Waals surface area contributed by atoms with E-state index in [4.69, 9.17) is 5.11 Å². The molecule has 0 aromatic carbocycles. The molecule has 0 radical (unpaired) electrons. The van der Waals surface area contributed by atoms with E-state index < -0.39 is 36.9 Å². The lowest BCUT2D eigenvalue weighted by atomic mass is 9.82. The van der Waals surface area contributed by atoms with Gasteiger partial charge in [-0.25, -0.2) is 9.97 Å². The molecule has 7 N–H and O–H groups in total. The van der Waals surface area contributed by atoms with E-state index in [1.54, 1.807) is 36.9 Å². The lowest BCUT2D eigenvalue weighted by molar-refractivity contribution is -0.117. The molecule has 4 aromatic rings. The Labute approximate surface area is 165 Å². The number of aromatic nitrogens is 4. The van der Waals surface area contributed by atoms with Crippen molar-refractivity contribution >= 4 is 22.1 Å². The van der Waals surface area contributed by atoms with Crippen molar-refractivity contribution in [2.45, 2.75) is 30.3 Å². The number of aliphatic hydroxyl groups excluding tert-OH is 5. The van der Waals surface area contributed by atoms with Crippen LogP contribution in [0.4, 0.5) is 0 Å². The normalized spacial score (nSPS) is 16.3. The number of rotatable bonds is 7. The van der Waals surface area contributed by atoms with Crippen LogP contribution in [0.3, 0.4) is 0 Å². The molecule has 0 bridgehead atoms. The van der Waals surface area contributed by atoms with Crippen LogP contribution in [0.25, 0.3) is 22.1 Å². The highest BCUT2D eigenvalue weighted by molar-refractivity contribution is 5.85. The Morgan fingerprint density at radius 2 is 1.28 bits per heavy atom. The van der Waals surface area contributed by atoms with E-state index in [0.717, 1.165) is 10.8 Å². The molecule has 4 aromatic heterocycles. The maximum Gasteiger partial charge on any atom is 0.137 e. The molecule has 4 atom stereocenters. The molecule has 4 heterocycles. The van der Waals surface area contributed by atoms with Crippen LogP contribution < -0.4 is 0 Å². The number of aromatic amines is 2. The molecule has 152 valence electrons. The second-order valence-electron chi connectivity index (χ2n) is 6.99. The van der Waals surface area contributed by atoms with E-state index in [0.29, 0.717) is 22.4 Å².